The fraction of sp³-hybridized carbons (Fsp3) is 0.467. The number of esters is 1. The number of hydrogen-bond acceptors (Lipinski definition) is 6. The lowest BCUT2D eigenvalue weighted by molar-refractivity contribution is -0.173. The first-order valence-electron chi connectivity index (χ1n) is 6.58. The van der Waals surface area contributed by atoms with E-state index in [9.17, 15) is 9.59 Å². The molecule has 6 nitrogen and oxygen atoms in total. The topological polar surface area (TPSA) is 71.1 Å². The van der Waals surface area contributed by atoms with Gasteiger partial charge >= 0.3 is 5.97 Å². The van der Waals surface area contributed by atoms with E-state index in [0.29, 0.717) is 25.1 Å². The second-order valence-corrected chi connectivity index (χ2v) is 4.25. The molecule has 0 aromatic heterocycles. The summed E-state index contributed by atoms with van der Waals surface area (Å²) >= 11 is 0. The van der Waals surface area contributed by atoms with Crippen molar-refractivity contribution in [1.29, 1.82) is 0 Å². The Kier molecular flexibility index (Phi) is 8.27. The van der Waals surface area contributed by atoms with E-state index in [1.54, 1.807) is 31.4 Å². The van der Waals surface area contributed by atoms with E-state index in [1.807, 2.05) is 6.07 Å². The van der Waals surface area contributed by atoms with Gasteiger partial charge in [-0.25, -0.2) is 4.79 Å². The van der Waals surface area contributed by atoms with E-state index >= 15 is 0 Å². The fourth-order valence-corrected chi connectivity index (χ4v) is 1.52. The van der Waals surface area contributed by atoms with Crippen LogP contribution in [0, 0.1) is 0 Å². The summed E-state index contributed by atoms with van der Waals surface area (Å²) in [5, 5.41) is 0. The molecule has 0 spiro atoms. The quantitative estimate of drug-likeness (QED) is 0.282. The predicted octanol–water partition coefficient (Wildman–Crippen LogP) is 1.50. The van der Waals surface area contributed by atoms with E-state index in [0.717, 1.165) is 0 Å². The highest BCUT2D eigenvalue weighted by atomic mass is 16.7. The first-order chi connectivity index (χ1) is 10.2. The Morgan fingerprint density at radius 3 is 2.57 bits per heavy atom. The van der Waals surface area contributed by atoms with E-state index < -0.39 is 18.2 Å². The van der Waals surface area contributed by atoms with Crippen molar-refractivity contribution in [1.82, 2.24) is 0 Å². The van der Waals surface area contributed by atoms with Crippen molar-refractivity contribution in [3.63, 3.8) is 0 Å². The zero-order valence-electron chi connectivity index (χ0n) is 12.2. The monoisotopic (exact) mass is 296 g/mol. The van der Waals surface area contributed by atoms with E-state index in [4.69, 9.17) is 18.9 Å². The molecule has 6 heteroatoms. The van der Waals surface area contributed by atoms with Crippen LogP contribution in [0.15, 0.2) is 30.3 Å². The fourth-order valence-electron chi connectivity index (χ4n) is 1.52. The van der Waals surface area contributed by atoms with Crippen LogP contribution < -0.4 is 0 Å². The van der Waals surface area contributed by atoms with Crippen LogP contribution in [0.4, 0.5) is 0 Å². The van der Waals surface area contributed by atoms with Crippen LogP contribution >= 0.6 is 0 Å². The summed E-state index contributed by atoms with van der Waals surface area (Å²) < 4.78 is 20.4. The lowest BCUT2D eigenvalue weighted by atomic mass is 10.1. The maximum atomic E-state index is 12.0. The van der Waals surface area contributed by atoms with Gasteiger partial charge in [-0.3, -0.25) is 4.79 Å². The molecule has 0 amide bonds. The van der Waals surface area contributed by atoms with Gasteiger partial charge in [-0.2, -0.15) is 0 Å². The third-order valence-electron chi connectivity index (χ3n) is 2.56. The second kappa shape index (κ2) is 10.0. The van der Waals surface area contributed by atoms with E-state index in [1.165, 1.54) is 6.92 Å². The van der Waals surface area contributed by atoms with Gasteiger partial charge in [-0.05, 0) is 12.5 Å². The largest absolute Gasteiger partial charge is 0.453 e. The highest BCUT2D eigenvalue weighted by Gasteiger charge is 2.24. The summed E-state index contributed by atoms with van der Waals surface area (Å²) in [6.45, 7) is 2.21. The summed E-state index contributed by atoms with van der Waals surface area (Å²) in [6, 6.07) is 8.89. The van der Waals surface area contributed by atoms with Crippen LogP contribution in [-0.2, 0) is 28.5 Å². The summed E-state index contributed by atoms with van der Waals surface area (Å²) in [5.41, 5.74) is 0.635. The van der Waals surface area contributed by atoms with Crippen molar-refractivity contribution in [2.75, 3.05) is 27.1 Å². The van der Waals surface area contributed by atoms with Crippen LogP contribution in [0.25, 0.3) is 0 Å². The molecule has 0 saturated heterocycles. The Balaban J connectivity index is 2.62. The number of aldehydes is 1. The normalized spacial score (nSPS) is 13.4. The molecule has 0 aliphatic carbocycles. The molecule has 0 heterocycles. The number of carbonyl (C=O) groups is 2. The lowest BCUT2D eigenvalue weighted by Gasteiger charge is -2.18. The van der Waals surface area contributed by atoms with Gasteiger partial charge in [0.2, 0.25) is 0 Å². The number of carbonyl (C=O) groups excluding carboxylic acids is 2. The minimum absolute atomic E-state index is 0.0759. The zero-order chi connectivity index (χ0) is 15.5. The van der Waals surface area contributed by atoms with Gasteiger partial charge in [0, 0.05) is 7.11 Å². The minimum atomic E-state index is -0.934. The number of benzene rings is 1. The summed E-state index contributed by atoms with van der Waals surface area (Å²) in [6.07, 6.45) is -1.20. The van der Waals surface area contributed by atoms with Crippen LogP contribution in [0.1, 0.15) is 18.6 Å². The highest BCUT2D eigenvalue weighted by Crippen LogP contribution is 2.19. The van der Waals surface area contributed by atoms with Crippen molar-refractivity contribution in [3.05, 3.63) is 35.9 Å². The number of hydrogen-bond donors (Lipinski definition) is 0. The molecule has 1 aromatic rings. The number of rotatable bonds is 10. The Bertz CT molecular complexity index is 419. The Morgan fingerprint density at radius 1 is 1.24 bits per heavy atom. The van der Waals surface area contributed by atoms with Crippen molar-refractivity contribution >= 4 is 12.3 Å². The van der Waals surface area contributed by atoms with Gasteiger partial charge < -0.3 is 18.9 Å². The zero-order valence-corrected chi connectivity index (χ0v) is 12.2. The molecule has 0 saturated carbocycles. The van der Waals surface area contributed by atoms with Crippen LogP contribution in [0.3, 0.4) is 0 Å². The van der Waals surface area contributed by atoms with Crippen LogP contribution in [0.2, 0.25) is 0 Å². The van der Waals surface area contributed by atoms with Gasteiger partial charge in [-0.1, -0.05) is 30.3 Å². The SMILES string of the molecule is COCCOCO[C@@H](C(=O)O[C@H](C)C=O)c1ccccc1. The number of ether oxygens (including phenoxy) is 4. The molecule has 21 heavy (non-hydrogen) atoms. The standard InChI is InChI=1S/C15H20O6/c1-12(10-16)21-15(17)14(13-6-4-3-5-7-13)20-11-19-9-8-18-2/h3-7,10,12,14H,8-9,11H2,1-2H3/t12-,14-/m1/s1. The van der Waals surface area contributed by atoms with E-state index in [2.05, 4.69) is 0 Å². The molecular weight excluding hydrogens is 276 g/mol. The molecule has 116 valence electrons. The molecule has 0 aliphatic heterocycles. The molecule has 0 radical (unpaired) electrons. The summed E-state index contributed by atoms with van der Waals surface area (Å²) in [5.74, 6) is -0.629. The Labute approximate surface area is 123 Å². The molecule has 0 N–H and O–H groups in total. The molecule has 2 atom stereocenters. The molecule has 0 aliphatic rings. The second-order valence-electron chi connectivity index (χ2n) is 4.25. The average Bonchev–Trinajstić information content (AvgIpc) is 2.51. The summed E-state index contributed by atoms with van der Waals surface area (Å²) in [7, 11) is 1.56. The predicted molar refractivity (Wildman–Crippen MR) is 74.6 cm³/mol. The van der Waals surface area contributed by atoms with Crippen molar-refractivity contribution < 1.29 is 28.5 Å². The first kappa shape index (κ1) is 17.3. The van der Waals surface area contributed by atoms with Crippen molar-refractivity contribution in [2.24, 2.45) is 0 Å². The maximum absolute atomic E-state index is 12.0. The third kappa shape index (κ3) is 6.48. The highest BCUT2D eigenvalue weighted by molar-refractivity contribution is 5.78. The molecule has 1 aromatic carbocycles. The molecule has 0 bridgehead atoms. The van der Waals surface area contributed by atoms with Crippen LogP contribution in [0.5, 0.6) is 0 Å². The van der Waals surface area contributed by atoms with E-state index in [-0.39, 0.29) is 6.79 Å². The van der Waals surface area contributed by atoms with Crippen molar-refractivity contribution in [3.8, 4) is 0 Å². The van der Waals surface area contributed by atoms with Gasteiger partial charge in [0.1, 0.15) is 6.79 Å². The maximum Gasteiger partial charge on any atom is 0.340 e. The third-order valence-corrected chi connectivity index (χ3v) is 2.56. The molecule has 1 rings (SSSR count). The van der Waals surface area contributed by atoms with Crippen LogP contribution in [-0.4, -0.2) is 45.5 Å². The van der Waals surface area contributed by atoms with Gasteiger partial charge in [0.15, 0.2) is 18.5 Å². The molecular formula is C15H20O6. The average molecular weight is 296 g/mol. The summed E-state index contributed by atoms with van der Waals surface area (Å²) in [4.78, 5) is 22.6. The molecule has 0 unspecified atom stereocenters. The Morgan fingerprint density at radius 2 is 1.95 bits per heavy atom. The first-order valence-corrected chi connectivity index (χ1v) is 6.58. The minimum Gasteiger partial charge on any atom is -0.453 e. The molecule has 0 fully saturated rings. The van der Waals surface area contributed by atoms with Gasteiger partial charge in [-0.15, -0.1) is 0 Å². The van der Waals surface area contributed by atoms with Gasteiger partial charge in [0.05, 0.1) is 13.2 Å². The van der Waals surface area contributed by atoms with Crippen molar-refractivity contribution in [2.45, 2.75) is 19.1 Å². The Hall–Kier alpha value is -1.76. The number of methoxy groups -OCH3 is 1. The lowest BCUT2D eigenvalue weighted by Crippen LogP contribution is -2.25. The smallest absolute Gasteiger partial charge is 0.340 e. The van der Waals surface area contributed by atoms with Gasteiger partial charge in [0.25, 0.3) is 0 Å².